The Kier molecular flexibility index (Phi) is 8.86. The van der Waals surface area contributed by atoms with E-state index in [-0.39, 0.29) is 25.3 Å². The molecule has 0 spiro atoms. The summed E-state index contributed by atoms with van der Waals surface area (Å²) in [4.78, 5) is 21.2. The quantitative estimate of drug-likeness (QED) is 0.115. The Morgan fingerprint density at radius 1 is 1.42 bits per heavy atom. The van der Waals surface area contributed by atoms with Gasteiger partial charge >= 0.3 is 1.43 Å². The van der Waals surface area contributed by atoms with Crippen LogP contribution in [0.5, 0.6) is 0 Å². The average Bonchev–Trinajstić information content (AvgIpc) is 3.25. The van der Waals surface area contributed by atoms with Gasteiger partial charge in [-0.2, -0.15) is 5.26 Å². The van der Waals surface area contributed by atoms with Crippen LogP contribution < -0.4 is 27.0 Å². The minimum Gasteiger partial charge on any atom is -0.370 e. The number of nitrogens with two attached hydrogens (primary N) is 1. The van der Waals surface area contributed by atoms with Gasteiger partial charge in [-0.1, -0.05) is 30.2 Å². The summed E-state index contributed by atoms with van der Waals surface area (Å²) in [6, 6.07) is 6.97. The molecular formula is C21H27ClN9OS+. The van der Waals surface area contributed by atoms with Crippen LogP contribution in [-0.4, -0.2) is 41.9 Å². The van der Waals surface area contributed by atoms with Gasteiger partial charge in [0.1, 0.15) is 0 Å². The van der Waals surface area contributed by atoms with Crippen molar-refractivity contribution in [3.8, 4) is 6.19 Å². The van der Waals surface area contributed by atoms with Crippen LogP contribution in [0, 0.1) is 16.9 Å². The number of nitriles is 1. The highest BCUT2D eigenvalue weighted by Crippen LogP contribution is 2.34. The van der Waals surface area contributed by atoms with E-state index in [4.69, 9.17) is 28.0 Å². The number of hydrogen-bond donors (Lipinski definition) is 6. The number of aromatic nitrogens is 1. The molecule has 12 heteroatoms. The molecule has 1 aliphatic rings. The first kappa shape index (κ1) is 24.3. The Morgan fingerprint density at radius 3 is 3.00 bits per heavy atom. The number of nitrogens with one attached hydrogen (secondary N) is 5. The van der Waals surface area contributed by atoms with Gasteiger partial charge in [-0.05, 0) is 31.4 Å². The number of guanidine groups is 2. The average molecular weight is 489 g/mol. The molecule has 0 bridgehead atoms. The number of nitrogens with zero attached hydrogens (tertiary/aromatic N) is 3. The van der Waals surface area contributed by atoms with Crippen LogP contribution in [0.2, 0.25) is 5.02 Å². The predicted octanol–water partition coefficient (Wildman–Crippen LogP) is 2.69. The summed E-state index contributed by atoms with van der Waals surface area (Å²) in [7, 11) is 0. The maximum atomic E-state index is 12.2. The van der Waals surface area contributed by atoms with Crippen LogP contribution >= 0.6 is 22.9 Å². The first-order valence-electron chi connectivity index (χ1n) is 10.5. The number of amides is 1. The SMILES string of the molecule is N#CN/C(=N/CCNC(=O)c1ccccc1Cl)NC1CCCC(c2csc(NC(=N)N)n2)C1.[H+]. The van der Waals surface area contributed by atoms with E-state index in [1.54, 1.807) is 24.3 Å². The largest absolute Gasteiger partial charge is 1.00 e. The molecule has 0 radical (unpaired) electrons. The third kappa shape index (κ3) is 7.34. The number of benzene rings is 1. The Hall–Kier alpha value is -3.36. The Morgan fingerprint density at radius 2 is 2.24 bits per heavy atom. The van der Waals surface area contributed by atoms with Gasteiger partial charge in [0.15, 0.2) is 17.3 Å². The molecule has 33 heavy (non-hydrogen) atoms. The van der Waals surface area contributed by atoms with Gasteiger partial charge in [-0.25, -0.2) is 4.98 Å². The lowest BCUT2D eigenvalue weighted by atomic mass is 9.84. The van der Waals surface area contributed by atoms with Crippen molar-refractivity contribution in [2.24, 2.45) is 10.7 Å². The molecule has 1 saturated carbocycles. The van der Waals surface area contributed by atoms with Crippen LogP contribution in [0.3, 0.4) is 0 Å². The van der Waals surface area contributed by atoms with Crippen molar-refractivity contribution in [3.05, 3.63) is 45.9 Å². The van der Waals surface area contributed by atoms with Crippen molar-refractivity contribution in [2.45, 2.75) is 37.6 Å². The second-order valence-electron chi connectivity index (χ2n) is 7.52. The fourth-order valence-corrected chi connectivity index (χ4v) is 4.71. The topological polar surface area (TPSA) is 164 Å². The van der Waals surface area contributed by atoms with Crippen LogP contribution in [0.25, 0.3) is 0 Å². The highest BCUT2D eigenvalue weighted by molar-refractivity contribution is 7.13. The molecule has 174 valence electrons. The van der Waals surface area contributed by atoms with Gasteiger partial charge in [0, 0.05) is 23.9 Å². The number of anilines is 1. The second-order valence-corrected chi connectivity index (χ2v) is 8.79. The number of hydrogen-bond acceptors (Lipinski definition) is 6. The molecule has 2 unspecified atom stereocenters. The lowest BCUT2D eigenvalue weighted by molar-refractivity contribution is 0.0955. The van der Waals surface area contributed by atoms with Gasteiger partial charge in [0.25, 0.3) is 5.91 Å². The van der Waals surface area contributed by atoms with E-state index >= 15 is 0 Å². The number of halogens is 1. The zero-order chi connectivity index (χ0) is 23.6. The summed E-state index contributed by atoms with van der Waals surface area (Å²) in [5, 5.41) is 30.8. The van der Waals surface area contributed by atoms with Crippen LogP contribution in [0.4, 0.5) is 5.13 Å². The summed E-state index contributed by atoms with van der Waals surface area (Å²) in [6.45, 7) is 0.607. The molecule has 1 heterocycles. The van der Waals surface area contributed by atoms with Gasteiger partial charge in [0.2, 0.25) is 5.96 Å². The van der Waals surface area contributed by atoms with E-state index in [9.17, 15) is 4.79 Å². The minimum absolute atomic E-state index is 0. The van der Waals surface area contributed by atoms with E-state index in [2.05, 4.69) is 31.2 Å². The second kappa shape index (κ2) is 12.0. The Labute approximate surface area is 202 Å². The highest BCUT2D eigenvalue weighted by Gasteiger charge is 2.26. The van der Waals surface area contributed by atoms with E-state index in [1.807, 2.05) is 11.6 Å². The molecule has 2 aromatic rings. The first-order chi connectivity index (χ1) is 16.0. The third-order valence-electron chi connectivity index (χ3n) is 5.16. The molecule has 1 aromatic carbocycles. The van der Waals surface area contributed by atoms with E-state index in [0.29, 0.717) is 34.8 Å². The molecule has 1 amide bonds. The van der Waals surface area contributed by atoms with Gasteiger partial charge in [-0.15, -0.1) is 11.3 Å². The lowest BCUT2D eigenvalue weighted by Crippen LogP contribution is -2.44. The fourth-order valence-electron chi connectivity index (χ4n) is 3.68. The summed E-state index contributed by atoms with van der Waals surface area (Å²) in [5.41, 5.74) is 6.76. The minimum atomic E-state index is -0.268. The molecule has 7 N–H and O–H groups in total. The Balaban J connectivity index is 0.00000408. The summed E-state index contributed by atoms with van der Waals surface area (Å²) < 4.78 is 0. The summed E-state index contributed by atoms with van der Waals surface area (Å²) in [6.07, 6.45) is 5.74. The van der Waals surface area contributed by atoms with E-state index in [0.717, 1.165) is 31.4 Å². The van der Waals surface area contributed by atoms with Crippen LogP contribution in [0.15, 0.2) is 34.6 Å². The number of carbonyl (C=O) groups is 1. The highest BCUT2D eigenvalue weighted by atomic mass is 35.5. The van der Waals surface area contributed by atoms with Gasteiger partial charge in [0.05, 0.1) is 22.8 Å². The number of rotatable bonds is 7. The normalized spacial score (nSPS) is 18.1. The van der Waals surface area contributed by atoms with Crippen molar-refractivity contribution in [3.63, 3.8) is 0 Å². The van der Waals surface area contributed by atoms with Crippen LogP contribution in [-0.2, 0) is 0 Å². The molecule has 1 fully saturated rings. The first-order valence-corrected chi connectivity index (χ1v) is 11.8. The molecule has 0 aliphatic heterocycles. The van der Waals surface area contributed by atoms with Crippen LogP contribution in [0.1, 0.15) is 49.1 Å². The van der Waals surface area contributed by atoms with Gasteiger partial charge < -0.3 is 21.7 Å². The van der Waals surface area contributed by atoms with Crippen molar-refractivity contribution in [2.75, 3.05) is 18.4 Å². The maximum Gasteiger partial charge on any atom is 1.00 e. The number of thiazole rings is 1. The zero-order valence-corrected chi connectivity index (χ0v) is 19.5. The van der Waals surface area contributed by atoms with E-state index < -0.39 is 0 Å². The summed E-state index contributed by atoms with van der Waals surface area (Å²) >= 11 is 7.47. The standard InChI is InChI=1S/C21H26ClN9OS/c22-16-7-2-1-6-15(16)18(32)26-8-9-27-20(28-12-23)29-14-5-3-4-13(10-14)17-11-33-21(30-17)31-19(24)25/h1-2,6-7,11,13-14H,3-5,8-10H2,(H,26,32)(H2,27,28,29)(H4,24,25,30,31)/p+1. The van der Waals surface area contributed by atoms with Crippen molar-refractivity contribution in [1.82, 2.24) is 20.9 Å². The lowest BCUT2D eigenvalue weighted by Gasteiger charge is -2.29. The molecular weight excluding hydrogens is 462 g/mol. The molecule has 1 aromatic heterocycles. The fraction of sp³-hybridized carbons (Fsp3) is 0.381. The number of aliphatic imine (C=N–C) groups is 1. The summed E-state index contributed by atoms with van der Waals surface area (Å²) in [5.74, 6) is 0.252. The number of carbonyl (C=O) groups excluding carboxylic acids is 1. The third-order valence-corrected chi connectivity index (χ3v) is 6.26. The molecule has 3 rings (SSSR count). The zero-order valence-electron chi connectivity index (χ0n) is 18.9. The maximum absolute atomic E-state index is 12.2. The molecule has 2 atom stereocenters. The predicted molar refractivity (Wildman–Crippen MR) is 132 cm³/mol. The molecule has 1 aliphatic carbocycles. The van der Waals surface area contributed by atoms with Crippen molar-refractivity contribution in [1.29, 1.82) is 10.7 Å². The van der Waals surface area contributed by atoms with Crippen molar-refractivity contribution < 1.29 is 6.22 Å². The monoisotopic (exact) mass is 488 g/mol. The smallest absolute Gasteiger partial charge is 0.370 e. The van der Waals surface area contributed by atoms with Crippen molar-refractivity contribution >= 4 is 45.9 Å². The molecule has 0 saturated heterocycles. The van der Waals surface area contributed by atoms with E-state index in [1.165, 1.54) is 11.3 Å². The van der Waals surface area contributed by atoms with Gasteiger partial charge in [-0.3, -0.25) is 20.5 Å². The molecule has 10 nitrogen and oxygen atoms in total. The Bertz CT molecular complexity index is 1050.